The van der Waals surface area contributed by atoms with E-state index >= 15 is 0 Å². The highest BCUT2D eigenvalue weighted by Gasteiger charge is 2.26. The molecule has 3 N–H and O–H groups in total. The number of carbonyl (C=O) groups is 1. The number of hydrogen-bond donors (Lipinski definition) is 2. The number of carbonyl (C=O) groups excluding carboxylic acids is 1. The van der Waals surface area contributed by atoms with Gasteiger partial charge in [-0.25, -0.2) is 27.2 Å². The number of hydrogen-bond acceptors (Lipinski definition) is 6. The zero-order chi connectivity index (χ0) is 25.1. The van der Waals surface area contributed by atoms with Crippen LogP contribution in [-0.4, -0.2) is 40.2 Å². The van der Waals surface area contributed by atoms with Gasteiger partial charge in [0.2, 0.25) is 0 Å². The summed E-state index contributed by atoms with van der Waals surface area (Å²) in [7, 11) is 0. The summed E-state index contributed by atoms with van der Waals surface area (Å²) in [5.74, 6) is -1.43. The van der Waals surface area contributed by atoms with Crippen molar-refractivity contribution in [1.29, 1.82) is 0 Å². The van der Waals surface area contributed by atoms with E-state index in [1.165, 1.54) is 16.9 Å². The molecule has 35 heavy (non-hydrogen) atoms. The van der Waals surface area contributed by atoms with Crippen LogP contribution in [0.4, 0.5) is 34.1 Å². The molecule has 0 bridgehead atoms. The third kappa shape index (κ3) is 5.42. The lowest BCUT2D eigenvalue weighted by Crippen LogP contribution is -2.29. The molecule has 12 heteroatoms. The van der Waals surface area contributed by atoms with Crippen LogP contribution in [0.5, 0.6) is 0 Å². The molecular weight excluding hydrogens is 484 g/mol. The van der Waals surface area contributed by atoms with Gasteiger partial charge in [0.05, 0.1) is 11.8 Å². The van der Waals surface area contributed by atoms with Gasteiger partial charge in [-0.1, -0.05) is 30.7 Å². The molecule has 3 heterocycles. The summed E-state index contributed by atoms with van der Waals surface area (Å²) in [5, 5.41) is 6.64. The second kappa shape index (κ2) is 10.6. The average Bonchev–Trinajstić information content (AvgIpc) is 3.27. The van der Waals surface area contributed by atoms with Gasteiger partial charge in [0, 0.05) is 13.1 Å². The highest BCUT2D eigenvalue weighted by atomic mass is 32.1. The molecule has 4 rings (SSSR count). The number of nitrogen functional groups attached to an aromatic ring is 1. The van der Waals surface area contributed by atoms with Crippen molar-refractivity contribution in [2.75, 3.05) is 29.0 Å². The minimum atomic E-state index is -2.63. The molecule has 3 aromatic rings. The maximum absolute atomic E-state index is 14.2. The molecule has 2 aromatic heterocycles. The number of benzene rings is 1. The zero-order valence-corrected chi connectivity index (χ0v) is 19.9. The molecule has 1 aliphatic heterocycles. The lowest BCUT2D eigenvalue weighted by molar-refractivity contribution is 0.102. The van der Waals surface area contributed by atoms with Gasteiger partial charge in [-0.05, 0) is 37.3 Å². The second-order valence-corrected chi connectivity index (χ2v) is 9.46. The van der Waals surface area contributed by atoms with Crippen LogP contribution in [0.25, 0.3) is 10.6 Å². The predicted molar refractivity (Wildman–Crippen MR) is 128 cm³/mol. The van der Waals surface area contributed by atoms with Crippen molar-refractivity contribution in [3.05, 3.63) is 41.7 Å². The molecular formula is C23H26F4N6OS. The summed E-state index contributed by atoms with van der Waals surface area (Å²) in [6.45, 7) is 2.80. The lowest BCUT2D eigenvalue weighted by atomic mass is 9.98. The molecule has 1 aliphatic rings. The fraction of sp³-hybridized carbons (Fsp3) is 0.435. The summed E-state index contributed by atoms with van der Waals surface area (Å²) >= 11 is 0.781. The van der Waals surface area contributed by atoms with E-state index in [2.05, 4.69) is 22.3 Å². The molecule has 1 atom stereocenters. The second-order valence-electron chi connectivity index (χ2n) is 8.43. The van der Waals surface area contributed by atoms with Crippen LogP contribution in [-0.2, 0) is 6.54 Å². The summed E-state index contributed by atoms with van der Waals surface area (Å²) in [5.41, 5.74) is 5.63. The van der Waals surface area contributed by atoms with E-state index in [0.717, 1.165) is 49.2 Å². The Hall–Kier alpha value is -3.15. The molecule has 1 aromatic carbocycles. The molecule has 0 aliphatic carbocycles. The number of amides is 1. The first-order valence-electron chi connectivity index (χ1n) is 11.4. The number of anilines is 3. The van der Waals surface area contributed by atoms with Crippen LogP contribution in [0.2, 0.25) is 0 Å². The largest absolute Gasteiger partial charge is 0.389 e. The van der Waals surface area contributed by atoms with Crippen LogP contribution < -0.4 is 16.0 Å². The van der Waals surface area contributed by atoms with Crippen LogP contribution in [0, 0.1) is 17.6 Å². The van der Waals surface area contributed by atoms with Gasteiger partial charge < -0.3 is 16.0 Å². The van der Waals surface area contributed by atoms with Gasteiger partial charge in [0.1, 0.15) is 33.9 Å². The van der Waals surface area contributed by atoms with E-state index in [9.17, 15) is 22.4 Å². The number of rotatable bonds is 7. The molecule has 7 nitrogen and oxygen atoms in total. The van der Waals surface area contributed by atoms with Crippen molar-refractivity contribution < 1.29 is 22.4 Å². The molecule has 1 amide bonds. The number of nitrogens with one attached hydrogen (secondary N) is 1. The fourth-order valence-corrected chi connectivity index (χ4v) is 5.21. The van der Waals surface area contributed by atoms with Crippen LogP contribution in [0.1, 0.15) is 43.1 Å². The van der Waals surface area contributed by atoms with E-state index in [-0.39, 0.29) is 27.0 Å². The molecule has 1 saturated heterocycles. The van der Waals surface area contributed by atoms with Gasteiger partial charge in [-0.15, -0.1) is 0 Å². The number of thiazole rings is 1. The first kappa shape index (κ1) is 25.0. The van der Waals surface area contributed by atoms with Gasteiger partial charge >= 0.3 is 0 Å². The normalized spacial score (nSPS) is 16.5. The Kier molecular flexibility index (Phi) is 7.58. The first-order chi connectivity index (χ1) is 16.8. The highest BCUT2D eigenvalue weighted by molar-refractivity contribution is 7.19. The zero-order valence-electron chi connectivity index (χ0n) is 19.1. The Morgan fingerprint density at radius 3 is 2.69 bits per heavy atom. The summed E-state index contributed by atoms with van der Waals surface area (Å²) < 4.78 is 56.0. The van der Waals surface area contributed by atoms with Crippen molar-refractivity contribution in [2.24, 2.45) is 5.92 Å². The number of alkyl halides is 2. The van der Waals surface area contributed by atoms with Crippen molar-refractivity contribution in [3.8, 4) is 10.6 Å². The summed E-state index contributed by atoms with van der Waals surface area (Å²) in [6, 6.07) is 3.40. The fourth-order valence-electron chi connectivity index (χ4n) is 4.34. The van der Waals surface area contributed by atoms with Crippen molar-refractivity contribution in [3.63, 3.8) is 0 Å². The van der Waals surface area contributed by atoms with E-state index in [0.29, 0.717) is 24.8 Å². The van der Waals surface area contributed by atoms with Crippen molar-refractivity contribution >= 4 is 33.8 Å². The number of halogens is 4. The minimum absolute atomic E-state index is 0.0257. The molecule has 0 spiro atoms. The van der Waals surface area contributed by atoms with Crippen LogP contribution in [0.3, 0.4) is 0 Å². The number of aromatic nitrogens is 3. The highest BCUT2D eigenvalue weighted by Crippen LogP contribution is 2.35. The topological polar surface area (TPSA) is 89.1 Å². The van der Waals surface area contributed by atoms with Crippen molar-refractivity contribution in [1.82, 2.24) is 14.8 Å². The summed E-state index contributed by atoms with van der Waals surface area (Å²) in [4.78, 5) is 19.1. The Balaban J connectivity index is 1.62. The Bertz CT molecular complexity index is 1180. The SMILES string of the molecule is CC[C@@H]1CCCN(c2c(NC(=O)c3nc(-c4c(F)cccc4F)sc3N)cnn2CC(F)F)CC1. The monoisotopic (exact) mass is 510 g/mol. The molecule has 188 valence electrons. The first-order valence-corrected chi connectivity index (χ1v) is 12.2. The predicted octanol–water partition coefficient (Wildman–Crippen LogP) is 5.40. The van der Waals surface area contributed by atoms with Gasteiger partial charge in [-0.3, -0.25) is 4.79 Å². The van der Waals surface area contributed by atoms with Gasteiger partial charge in [0.25, 0.3) is 12.3 Å². The smallest absolute Gasteiger partial charge is 0.277 e. The van der Waals surface area contributed by atoms with Crippen molar-refractivity contribution in [2.45, 2.75) is 45.6 Å². The minimum Gasteiger partial charge on any atom is -0.389 e. The van der Waals surface area contributed by atoms with E-state index in [4.69, 9.17) is 5.73 Å². The third-order valence-electron chi connectivity index (χ3n) is 6.14. The van der Waals surface area contributed by atoms with E-state index in [1.807, 2.05) is 4.90 Å². The Morgan fingerprint density at radius 2 is 2.00 bits per heavy atom. The Labute approximate surface area is 203 Å². The maximum Gasteiger partial charge on any atom is 0.277 e. The maximum atomic E-state index is 14.2. The third-order valence-corrected chi connectivity index (χ3v) is 7.04. The van der Waals surface area contributed by atoms with E-state index < -0.39 is 30.5 Å². The Morgan fingerprint density at radius 1 is 1.26 bits per heavy atom. The van der Waals surface area contributed by atoms with Crippen LogP contribution in [0.15, 0.2) is 24.4 Å². The van der Waals surface area contributed by atoms with Crippen LogP contribution >= 0.6 is 11.3 Å². The molecule has 0 unspecified atom stereocenters. The summed E-state index contributed by atoms with van der Waals surface area (Å²) in [6.07, 6.45) is 2.57. The standard InChI is InChI=1S/C23H26F4N6OS/c1-2-13-5-4-9-32(10-8-13)23-16(11-29-33(23)12-17(26)27)30-21(34)19-20(28)35-22(31-19)18-14(24)6-3-7-15(18)25/h3,6-7,11,13,17H,2,4-5,8-10,12,28H2,1H3,(H,30,34)/t13-/m1/s1. The van der Waals surface area contributed by atoms with Gasteiger partial charge in [0.15, 0.2) is 11.5 Å². The number of nitrogens with two attached hydrogens (primary N) is 1. The van der Waals surface area contributed by atoms with Gasteiger partial charge in [-0.2, -0.15) is 5.10 Å². The quantitative estimate of drug-likeness (QED) is 0.416. The van der Waals surface area contributed by atoms with E-state index in [1.54, 1.807) is 0 Å². The molecule has 1 fully saturated rings. The molecule has 0 radical (unpaired) electrons. The molecule has 0 saturated carbocycles. The lowest BCUT2D eigenvalue weighted by Gasteiger charge is -2.25. The number of nitrogens with zero attached hydrogens (tertiary/aromatic N) is 4. The average molecular weight is 511 g/mol.